The summed E-state index contributed by atoms with van der Waals surface area (Å²) in [5, 5.41) is 3.12. The molecular formula is C12H16N2O. The molecule has 1 aromatic carbocycles. The van der Waals surface area contributed by atoms with Crippen LogP contribution in [0.2, 0.25) is 0 Å². The van der Waals surface area contributed by atoms with Crippen molar-refractivity contribution >= 4 is 11.5 Å². The fraction of sp³-hybridized carbons (Fsp3) is 0.417. The van der Waals surface area contributed by atoms with Crippen molar-refractivity contribution in [2.24, 2.45) is 0 Å². The molecule has 0 spiro atoms. The Kier molecular flexibility index (Phi) is 3.02. The first kappa shape index (κ1) is 10.2. The normalized spacial score (nSPS) is 17.7. The zero-order chi connectivity index (χ0) is 10.7. The lowest BCUT2D eigenvalue weighted by molar-refractivity contribution is -0.116. The number of Topliss-reactive ketones (excluding diaryl/α,β-unsaturated/α-hetero) is 1. The van der Waals surface area contributed by atoms with Gasteiger partial charge < -0.3 is 10.2 Å². The van der Waals surface area contributed by atoms with Crippen molar-refractivity contribution in [3.8, 4) is 0 Å². The van der Waals surface area contributed by atoms with Crippen LogP contribution >= 0.6 is 0 Å². The molecule has 1 heterocycles. The number of ketones is 1. The van der Waals surface area contributed by atoms with Gasteiger partial charge in [0, 0.05) is 18.8 Å². The van der Waals surface area contributed by atoms with Crippen molar-refractivity contribution in [1.29, 1.82) is 0 Å². The van der Waals surface area contributed by atoms with Gasteiger partial charge in [-0.3, -0.25) is 4.79 Å². The van der Waals surface area contributed by atoms with Crippen molar-refractivity contribution in [2.75, 3.05) is 31.1 Å². The number of anilines is 1. The van der Waals surface area contributed by atoms with E-state index in [0.717, 1.165) is 13.1 Å². The number of rotatable bonds is 1. The minimum atomic E-state index is 0.260. The Morgan fingerprint density at radius 2 is 2.13 bits per heavy atom. The van der Waals surface area contributed by atoms with Crippen LogP contribution in [-0.2, 0) is 4.79 Å². The Hall–Kier alpha value is -1.35. The number of carbonyl (C=O) groups is 1. The molecule has 1 fully saturated rings. The Morgan fingerprint density at radius 3 is 2.93 bits per heavy atom. The summed E-state index contributed by atoms with van der Waals surface area (Å²) < 4.78 is 0. The molecule has 2 rings (SSSR count). The third-order valence-corrected chi connectivity index (χ3v) is 2.70. The van der Waals surface area contributed by atoms with Gasteiger partial charge >= 0.3 is 0 Å². The van der Waals surface area contributed by atoms with Crippen molar-refractivity contribution in [2.45, 2.75) is 6.92 Å². The molecule has 1 saturated heterocycles. The third kappa shape index (κ3) is 2.36. The summed E-state index contributed by atoms with van der Waals surface area (Å²) in [7, 11) is 0. The van der Waals surface area contributed by atoms with Gasteiger partial charge in [-0.05, 0) is 18.6 Å². The van der Waals surface area contributed by atoms with Crippen LogP contribution in [0.15, 0.2) is 24.3 Å². The van der Waals surface area contributed by atoms with Gasteiger partial charge in [-0.15, -0.1) is 0 Å². The largest absolute Gasteiger partial charge is 0.363 e. The van der Waals surface area contributed by atoms with Crippen LogP contribution in [0.3, 0.4) is 0 Å². The van der Waals surface area contributed by atoms with Crippen LogP contribution in [0.5, 0.6) is 0 Å². The summed E-state index contributed by atoms with van der Waals surface area (Å²) in [6.45, 7) is 4.88. The first-order valence-corrected chi connectivity index (χ1v) is 5.30. The second kappa shape index (κ2) is 4.45. The molecule has 0 atom stereocenters. The molecule has 0 aromatic heterocycles. The van der Waals surface area contributed by atoms with Gasteiger partial charge in [0.2, 0.25) is 0 Å². The maximum Gasteiger partial charge on any atom is 0.165 e. The van der Waals surface area contributed by atoms with Gasteiger partial charge in [0.15, 0.2) is 5.78 Å². The van der Waals surface area contributed by atoms with Crippen molar-refractivity contribution < 1.29 is 4.79 Å². The molecule has 0 saturated carbocycles. The Labute approximate surface area is 90.1 Å². The van der Waals surface area contributed by atoms with Crippen LogP contribution in [0.4, 0.5) is 5.69 Å². The number of hydrogen-bond donors (Lipinski definition) is 1. The van der Waals surface area contributed by atoms with E-state index in [9.17, 15) is 4.79 Å². The van der Waals surface area contributed by atoms with Crippen molar-refractivity contribution in [3.05, 3.63) is 29.8 Å². The number of nitrogens with zero attached hydrogens (tertiary/aromatic N) is 1. The highest BCUT2D eigenvalue weighted by Crippen LogP contribution is 2.19. The predicted octanol–water partition coefficient (Wildman–Crippen LogP) is 0.974. The van der Waals surface area contributed by atoms with Gasteiger partial charge in [0.05, 0.1) is 13.1 Å². The quantitative estimate of drug-likeness (QED) is 0.740. The standard InChI is InChI=1S/C12H16N2O/c1-10-4-2-3-5-12(10)14-7-6-13-8-11(15)9-14/h2-5,13H,6-9H2,1H3. The van der Waals surface area contributed by atoms with Crippen LogP contribution in [0.25, 0.3) is 0 Å². The molecule has 3 nitrogen and oxygen atoms in total. The van der Waals surface area contributed by atoms with Crippen molar-refractivity contribution in [3.63, 3.8) is 0 Å². The second-order valence-corrected chi connectivity index (χ2v) is 3.92. The lowest BCUT2D eigenvalue weighted by Gasteiger charge is -2.23. The molecule has 0 bridgehead atoms. The molecule has 15 heavy (non-hydrogen) atoms. The third-order valence-electron chi connectivity index (χ3n) is 2.70. The monoisotopic (exact) mass is 204 g/mol. The highest BCUT2D eigenvalue weighted by molar-refractivity contribution is 5.85. The average molecular weight is 204 g/mol. The first-order valence-electron chi connectivity index (χ1n) is 5.30. The first-order chi connectivity index (χ1) is 7.27. The summed E-state index contributed by atoms with van der Waals surface area (Å²) in [6, 6.07) is 8.20. The maximum absolute atomic E-state index is 11.5. The summed E-state index contributed by atoms with van der Waals surface area (Å²) >= 11 is 0. The molecule has 1 N–H and O–H groups in total. The van der Waals surface area contributed by atoms with Crippen LogP contribution < -0.4 is 10.2 Å². The number of benzene rings is 1. The van der Waals surface area contributed by atoms with E-state index in [4.69, 9.17) is 0 Å². The molecule has 0 unspecified atom stereocenters. The van der Waals surface area contributed by atoms with E-state index < -0.39 is 0 Å². The SMILES string of the molecule is Cc1ccccc1N1CCNCC(=O)C1. The van der Waals surface area contributed by atoms with Crippen molar-refractivity contribution in [1.82, 2.24) is 5.32 Å². The number of aryl methyl sites for hydroxylation is 1. The van der Waals surface area contributed by atoms with E-state index in [1.807, 2.05) is 12.1 Å². The summed E-state index contributed by atoms with van der Waals surface area (Å²) in [5.74, 6) is 0.260. The Morgan fingerprint density at radius 1 is 1.33 bits per heavy atom. The average Bonchev–Trinajstić information content (AvgIpc) is 2.43. The Bertz CT molecular complexity index is 362. The highest BCUT2D eigenvalue weighted by Gasteiger charge is 2.15. The van der Waals surface area contributed by atoms with Gasteiger partial charge in [0.1, 0.15) is 0 Å². The number of carbonyl (C=O) groups excluding carboxylic acids is 1. The second-order valence-electron chi connectivity index (χ2n) is 3.92. The van der Waals surface area contributed by atoms with Gasteiger partial charge in [0.25, 0.3) is 0 Å². The zero-order valence-corrected chi connectivity index (χ0v) is 8.99. The van der Waals surface area contributed by atoms with E-state index in [-0.39, 0.29) is 5.78 Å². The molecule has 3 heteroatoms. The summed E-state index contributed by atoms with van der Waals surface area (Å²) in [4.78, 5) is 13.6. The molecular weight excluding hydrogens is 188 g/mol. The zero-order valence-electron chi connectivity index (χ0n) is 8.99. The fourth-order valence-electron chi connectivity index (χ4n) is 1.91. The van der Waals surface area contributed by atoms with E-state index >= 15 is 0 Å². The number of nitrogens with one attached hydrogen (secondary N) is 1. The smallest absolute Gasteiger partial charge is 0.165 e. The van der Waals surface area contributed by atoms with Gasteiger partial charge in [-0.2, -0.15) is 0 Å². The van der Waals surface area contributed by atoms with Crippen LogP contribution in [0.1, 0.15) is 5.56 Å². The lowest BCUT2D eigenvalue weighted by Crippen LogP contribution is -2.30. The van der Waals surface area contributed by atoms with Gasteiger partial charge in [-0.1, -0.05) is 18.2 Å². The fourth-order valence-corrected chi connectivity index (χ4v) is 1.91. The lowest BCUT2D eigenvalue weighted by atomic mass is 10.2. The summed E-state index contributed by atoms with van der Waals surface area (Å²) in [6.07, 6.45) is 0. The molecule has 80 valence electrons. The molecule has 1 aliphatic rings. The van der Waals surface area contributed by atoms with E-state index in [2.05, 4.69) is 29.3 Å². The van der Waals surface area contributed by atoms with E-state index in [1.54, 1.807) is 0 Å². The minimum absolute atomic E-state index is 0.260. The van der Waals surface area contributed by atoms with Gasteiger partial charge in [-0.25, -0.2) is 0 Å². The number of para-hydroxylation sites is 1. The Balaban J connectivity index is 2.22. The molecule has 0 radical (unpaired) electrons. The number of hydrogen-bond acceptors (Lipinski definition) is 3. The molecule has 0 aliphatic carbocycles. The predicted molar refractivity (Wildman–Crippen MR) is 61.3 cm³/mol. The maximum atomic E-state index is 11.5. The van der Waals surface area contributed by atoms with E-state index in [0.29, 0.717) is 13.1 Å². The molecule has 1 aliphatic heterocycles. The highest BCUT2D eigenvalue weighted by atomic mass is 16.1. The topological polar surface area (TPSA) is 32.3 Å². The van der Waals surface area contributed by atoms with E-state index in [1.165, 1.54) is 11.3 Å². The molecule has 1 aromatic rings. The molecule has 0 amide bonds. The minimum Gasteiger partial charge on any atom is -0.363 e. The summed E-state index contributed by atoms with van der Waals surface area (Å²) in [5.41, 5.74) is 2.40. The van der Waals surface area contributed by atoms with Crippen LogP contribution in [-0.4, -0.2) is 32.0 Å². The van der Waals surface area contributed by atoms with Crippen LogP contribution in [0, 0.1) is 6.92 Å².